The van der Waals surface area contributed by atoms with E-state index in [-0.39, 0.29) is 41.6 Å². The van der Waals surface area contributed by atoms with Gasteiger partial charge >= 0.3 is 29.9 Å². The molecule has 0 unspecified atom stereocenters. The Kier molecular flexibility index (Phi) is 58.1. The molecule has 0 atom stereocenters. The predicted octanol–water partition coefficient (Wildman–Crippen LogP) is 5.00. The van der Waals surface area contributed by atoms with Crippen LogP contribution in [0.4, 0.5) is 0 Å². The van der Waals surface area contributed by atoms with Crippen molar-refractivity contribution in [2.24, 2.45) is 0 Å². The average Bonchev–Trinajstić information content (AvgIpc) is 2.69. The van der Waals surface area contributed by atoms with Crippen molar-refractivity contribution in [3.8, 4) is 0 Å². The number of unbranched alkanes of at least 4 members (excludes halogenated alkanes) is 4. The van der Waals surface area contributed by atoms with Gasteiger partial charge in [0.25, 0.3) is 5.97 Å². The molecule has 0 heterocycles. The molecule has 0 saturated carbocycles. The fourth-order valence-electron chi connectivity index (χ4n) is 0.858. The first kappa shape index (κ1) is 39.0. The van der Waals surface area contributed by atoms with Crippen LogP contribution in [0.15, 0.2) is 0 Å². The summed E-state index contributed by atoms with van der Waals surface area (Å²) in [6.45, 7) is 16.6. The molecule has 0 aromatic carbocycles. The fraction of sp³-hybridized carbons (Fsp3) is 0.810. The number of esters is 2. The molecule has 0 aromatic heterocycles. The van der Waals surface area contributed by atoms with E-state index in [4.69, 9.17) is 4.74 Å². The Morgan fingerprint density at radius 1 is 0.750 bits per heavy atom. The summed E-state index contributed by atoms with van der Waals surface area (Å²) in [6.07, 6.45) is 8.91. The third-order valence-electron chi connectivity index (χ3n) is 2.65. The quantitative estimate of drug-likeness (QED) is 0.159. The van der Waals surface area contributed by atoms with Crippen molar-refractivity contribution in [2.75, 3.05) is 24.7 Å². The molecule has 166 valence electrons. The van der Waals surface area contributed by atoms with Crippen molar-refractivity contribution in [1.29, 1.82) is 0 Å². The number of hydrogen-bond donors (Lipinski definition) is 0. The summed E-state index contributed by atoms with van der Waals surface area (Å²) in [7, 11) is 0. The zero-order valence-electron chi connectivity index (χ0n) is 18.6. The predicted molar refractivity (Wildman–Crippen MR) is 127 cm³/mol. The summed E-state index contributed by atoms with van der Waals surface area (Å²) in [5.41, 5.74) is 0. The molecule has 0 spiro atoms. The molecule has 0 fully saturated rings. The summed E-state index contributed by atoms with van der Waals surface area (Å²) in [5.74, 6) is 0.0937. The van der Waals surface area contributed by atoms with Gasteiger partial charge in [0.05, 0.1) is 13.2 Å². The first-order valence-electron chi connectivity index (χ1n) is 10.0. The zero-order valence-corrected chi connectivity index (χ0v) is 23.0. The third-order valence-corrected chi connectivity index (χ3v) is 3.09. The molecule has 4 radical (unpaired) electrons. The molecule has 0 bridgehead atoms. The normalized spacial score (nSPS) is 8.43. The van der Waals surface area contributed by atoms with Crippen molar-refractivity contribution in [3.05, 3.63) is 13.8 Å². The van der Waals surface area contributed by atoms with E-state index in [1.807, 2.05) is 6.92 Å². The average molecular weight is 541 g/mol. The monoisotopic (exact) mass is 542 g/mol. The van der Waals surface area contributed by atoms with Gasteiger partial charge in [-0.25, -0.2) is 0 Å². The number of hydrogen-bond acceptors (Lipinski definition) is 6. The Hall–Kier alpha value is 0.439. The van der Waals surface area contributed by atoms with Crippen LogP contribution in [-0.4, -0.2) is 60.6 Å². The van der Waals surface area contributed by atoms with Crippen LogP contribution in [0.2, 0.25) is 0 Å². The maximum atomic E-state index is 10.6. The van der Waals surface area contributed by atoms with E-state index >= 15 is 0 Å². The van der Waals surface area contributed by atoms with Crippen LogP contribution in [-0.2, 0) is 44.3 Å². The summed E-state index contributed by atoms with van der Waals surface area (Å²) < 4.78 is 9.51. The van der Waals surface area contributed by atoms with Gasteiger partial charge in [-0.1, -0.05) is 85.8 Å². The Morgan fingerprint density at radius 2 is 1.11 bits per heavy atom. The zero-order chi connectivity index (χ0) is 21.8. The molecule has 28 heavy (non-hydrogen) atoms. The van der Waals surface area contributed by atoms with E-state index in [1.165, 1.54) is 12.8 Å². The molecular formula is C21H42O4S2Sn. The third kappa shape index (κ3) is 56.3. The van der Waals surface area contributed by atoms with Crippen LogP contribution in [0, 0.1) is 13.8 Å². The van der Waals surface area contributed by atoms with Gasteiger partial charge in [0.15, 0.2) is 0 Å². The summed E-state index contributed by atoms with van der Waals surface area (Å²) in [4.78, 5) is 21.0. The Labute approximate surface area is 203 Å². The van der Waals surface area contributed by atoms with E-state index in [0.29, 0.717) is 25.4 Å². The Bertz CT molecular complexity index is 273. The minimum Gasteiger partial charge on any atom is -0.792 e. The first-order valence-corrected chi connectivity index (χ1v) is 11.2. The van der Waals surface area contributed by atoms with Crippen LogP contribution in [0.5, 0.6) is 0 Å². The van der Waals surface area contributed by atoms with Crippen LogP contribution in [0.25, 0.3) is 0 Å². The van der Waals surface area contributed by atoms with E-state index in [1.54, 1.807) is 0 Å². The molecule has 7 heteroatoms. The smallest absolute Gasteiger partial charge is 0.792 e. The number of carbonyl (C=O) groups is 2. The molecule has 0 aliphatic rings. The number of rotatable bonds is 11. The molecular weight excluding hydrogens is 499 g/mol. The van der Waals surface area contributed by atoms with Gasteiger partial charge in [0, 0.05) is 6.42 Å². The second-order valence-electron chi connectivity index (χ2n) is 5.45. The van der Waals surface area contributed by atoms with Crippen LogP contribution in [0.3, 0.4) is 0 Å². The van der Waals surface area contributed by atoms with Gasteiger partial charge in [-0.2, -0.15) is 5.75 Å². The van der Waals surface area contributed by atoms with Gasteiger partial charge in [-0.15, -0.1) is 0 Å². The largest absolute Gasteiger partial charge is 2.00 e. The molecule has 0 rings (SSSR count). The molecule has 0 aromatic rings. The van der Waals surface area contributed by atoms with Crippen molar-refractivity contribution in [2.45, 2.75) is 85.5 Å². The summed E-state index contributed by atoms with van der Waals surface area (Å²) in [6, 6.07) is 0. The van der Waals surface area contributed by atoms with Crippen molar-refractivity contribution < 1.29 is 19.1 Å². The van der Waals surface area contributed by atoms with E-state index in [0.717, 1.165) is 38.5 Å². The maximum Gasteiger partial charge on any atom is 2.00 e. The van der Waals surface area contributed by atoms with Gasteiger partial charge < -0.3 is 34.7 Å². The van der Waals surface area contributed by atoms with E-state index in [9.17, 15) is 9.59 Å². The van der Waals surface area contributed by atoms with E-state index in [2.05, 4.69) is 64.6 Å². The molecule has 0 aliphatic carbocycles. The minimum atomic E-state index is -0.279. The first-order chi connectivity index (χ1) is 12.9. The molecule has 0 amide bonds. The van der Waals surface area contributed by atoms with Crippen LogP contribution in [0.1, 0.15) is 85.5 Å². The Balaban J connectivity index is -0.0000000898. The van der Waals surface area contributed by atoms with Crippen LogP contribution < -0.4 is 0 Å². The SMILES string of the molecule is CCCCOC(=O)CC[S-].CCCCOC(=O)C[S-].[CH2]CCC.[CH2]CCC.[Sn+2]. The topological polar surface area (TPSA) is 52.6 Å². The van der Waals surface area contributed by atoms with Crippen molar-refractivity contribution in [1.82, 2.24) is 0 Å². The number of ether oxygens (including phenoxy) is 2. The fourth-order valence-corrected chi connectivity index (χ4v) is 1.11. The van der Waals surface area contributed by atoms with Gasteiger partial charge in [-0.05, 0) is 12.8 Å². The standard InChI is InChI=1S/C7H14O2S.C6H12O2S.2C4H9.Sn/c1-2-3-5-9-7(8)4-6-10;1-2-3-4-8-6(7)5-9;2*1-3-4-2;/h10H,2-6H2,1H3;9H,2-5H2,1H3;2*1,3-4H2,2H3;/q;;;;+2/p-2. The second kappa shape index (κ2) is 41.7. The van der Waals surface area contributed by atoms with Gasteiger partial charge in [-0.3, -0.25) is 9.59 Å². The Morgan fingerprint density at radius 3 is 1.36 bits per heavy atom. The molecule has 0 aliphatic heterocycles. The summed E-state index contributed by atoms with van der Waals surface area (Å²) in [5, 5.41) is 0. The van der Waals surface area contributed by atoms with Crippen molar-refractivity contribution >= 4 is 61.1 Å². The summed E-state index contributed by atoms with van der Waals surface area (Å²) >= 11 is 9.06. The van der Waals surface area contributed by atoms with Gasteiger partial charge in [0.1, 0.15) is 0 Å². The minimum absolute atomic E-state index is 0. The van der Waals surface area contributed by atoms with Gasteiger partial charge in [0.2, 0.25) is 0 Å². The van der Waals surface area contributed by atoms with Crippen molar-refractivity contribution in [3.63, 3.8) is 0 Å². The molecule has 4 nitrogen and oxygen atoms in total. The van der Waals surface area contributed by atoms with Crippen LogP contribution >= 0.6 is 0 Å². The second-order valence-corrected chi connectivity index (χ2v) is 6.15. The molecule has 0 saturated heterocycles. The van der Waals surface area contributed by atoms with E-state index < -0.39 is 0 Å². The maximum absolute atomic E-state index is 10.6. The number of carbonyl (C=O) groups excluding carboxylic acids is 2. The molecule has 0 N–H and O–H groups in total.